The molecule has 4 aromatic heterocycles. The Labute approximate surface area is 151 Å². The molecule has 4 aromatic rings. The van der Waals surface area contributed by atoms with Gasteiger partial charge in [-0.2, -0.15) is 5.10 Å². The molecular weight excluding hydrogens is 350 g/mol. The van der Waals surface area contributed by atoms with Gasteiger partial charge in [0.15, 0.2) is 5.65 Å². The number of nitrogens with one attached hydrogen (secondary N) is 1. The molecule has 0 aromatic carbocycles. The van der Waals surface area contributed by atoms with E-state index in [2.05, 4.69) is 20.1 Å². The smallest absolute Gasteiger partial charge is 0.291 e. The van der Waals surface area contributed by atoms with Crippen molar-refractivity contribution in [2.75, 3.05) is 6.54 Å². The first-order chi connectivity index (χ1) is 12.7. The molecular formula is C17H15N7OS. The number of hydrogen-bond donors (Lipinski definition) is 1. The van der Waals surface area contributed by atoms with Crippen molar-refractivity contribution >= 4 is 38.3 Å². The molecule has 5 rings (SSSR count). The summed E-state index contributed by atoms with van der Waals surface area (Å²) in [7, 11) is 1.88. The summed E-state index contributed by atoms with van der Waals surface area (Å²) in [5.41, 5.74) is 3.20. The number of aryl methyl sites for hydroxylation is 1. The minimum Gasteiger partial charge on any atom is -0.347 e. The molecule has 0 bridgehead atoms. The number of rotatable bonds is 4. The van der Waals surface area contributed by atoms with E-state index in [1.807, 2.05) is 23.8 Å². The molecule has 0 saturated heterocycles. The first-order valence-electron chi connectivity index (χ1n) is 8.22. The van der Waals surface area contributed by atoms with Crippen molar-refractivity contribution in [3.8, 4) is 0 Å². The monoisotopic (exact) mass is 365 g/mol. The lowest BCUT2D eigenvalue weighted by Gasteiger charge is -2.04. The summed E-state index contributed by atoms with van der Waals surface area (Å²) in [4.78, 5) is 29.0. The second-order valence-electron chi connectivity index (χ2n) is 6.18. The molecule has 0 spiro atoms. The fourth-order valence-electron chi connectivity index (χ4n) is 3.23. The van der Waals surface area contributed by atoms with Crippen LogP contribution in [0.2, 0.25) is 0 Å². The van der Waals surface area contributed by atoms with Gasteiger partial charge in [-0.15, -0.1) is 11.3 Å². The van der Waals surface area contributed by atoms with E-state index in [0.717, 1.165) is 45.1 Å². The molecule has 0 saturated carbocycles. The molecule has 1 N–H and O–H groups in total. The SMILES string of the molecule is Cn1c2nc(CC3=NCC=C3)sc2c2cnn(Cc3cnc[nH]3)c(=O)c21. The first kappa shape index (κ1) is 15.2. The van der Waals surface area contributed by atoms with Crippen molar-refractivity contribution in [2.24, 2.45) is 12.0 Å². The summed E-state index contributed by atoms with van der Waals surface area (Å²) in [6, 6.07) is 0. The maximum absolute atomic E-state index is 12.9. The molecule has 5 heterocycles. The molecule has 0 aliphatic carbocycles. The second-order valence-corrected chi connectivity index (χ2v) is 7.26. The van der Waals surface area contributed by atoms with E-state index >= 15 is 0 Å². The van der Waals surface area contributed by atoms with Crippen LogP contribution < -0.4 is 5.56 Å². The van der Waals surface area contributed by atoms with Crippen molar-refractivity contribution in [2.45, 2.75) is 13.0 Å². The van der Waals surface area contributed by atoms with Gasteiger partial charge in [0.05, 0.1) is 36.0 Å². The lowest BCUT2D eigenvalue weighted by Crippen LogP contribution is -2.24. The van der Waals surface area contributed by atoms with Gasteiger partial charge in [0, 0.05) is 30.8 Å². The van der Waals surface area contributed by atoms with Crippen LogP contribution in [0.1, 0.15) is 10.7 Å². The van der Waals surface area contributed by atoms with E-state index in [4.69, 9.17) is 4.98 Å². The van der Waals surface area contributed by atoms with Gasteiger partial charge in [0.2, 0.25) is 0 Å². The normalized spacial score (nSPS) is 14.0. The minimum absolute atomic E-state index is 0.130. The number of fused-ring (bicyclic) bond motifs is 3. The Bertz CT molecular complexity index is 1240. The Morgan fingerprint density at radius 2 is 2.27 bits per heavy atom. The van der Waals surface area contributed by atoms with Crippen LogP contribution in [0.3, 0.4) is 0 Å². The summed E-state index contributed by atoms with van der Waals surface area (Å²) in [6.07, 6.45) is 9.85. The molecule has 0 fully saturated rings. The Hall–Kier alpha value is -3.07. The Kier molecular flexibility index (Phi) is 3.35. The average molecular weight is 365 g/mol. The number of H-pyrrole nitrogens is 1. The standard InChI is InChI=1S/C17H15N7OS/c1-23-14-12(7-21-24(17(14)25)8-11-6-18-9-20-11)15-16(23)22-13(26-15)5-10-3-2-4-19-10/h2-3,6-7,9H,4-5,8H2,1H3,(H,18,20). The second kappa shape index (κ2) is 5.73. The molecule has 0 atom stereocenters. The number of imidazole rings is 1. The Morgan fingerprint density at radius 3 is 3.04 bits per heavy atom. The van der Waals surface area contributed by atoms with Gasteiger partial charge in [0.25, 0.3) is 5.56 Å². The van der Waals surface area contributed by atoms with E-state index in [1.165, 1.54) is 4.68 Å². The van der Waals surface area contributed by atoms with Crippen LogP contribution in [-0.2, 0) is 20.0 Å². The van der Waals surface area contributed by atoms with E-state index in [1.54, 1.807) is 30.1 Å². The predicted molar refractivity (Wildman–Crippen MR) is 101 cm³/mol. The topological polar surface area (TPSA) is 93.8 Å². The van der Waals surface area contributed by atoms with E-state index in [-0.39, 0.29) is 5.56 Å². The zero-order valence-corrected chi connectivity index (χ0v) is 14.8. The third-order valence-electron chi connectivity index (χ3n) is 4.49. The zero-order chi connectivity index (χ0) is 17.7. The quantitative estimate of drug-likeness (QED) is 0.595. The summed E-state index contributed by atoms with van der Waals surface area (Å²) in [5, 5.41) is 6.19. The van der Waals surface area contributed by atoms with Crippen LogP contribution in [0.5, 0.6) is 0 Å². The van der Waals surface area contributed by atoms with Gasteiger partial charge in [-0.3, -0.25) is 9.79 Å². The van der Waals surface area contributed by atoms with Crippen molar-refractivity contribution in [1.82, 2.24) is 29.3 Å². The van der Waals surface area contributed by atoms with Gasteiger partial charge in [-0.25, -0.2) is 14.6 Å². The van der Waals surface area contributed by atoms with Crippen LogP contribution in [0.15, 0.2) is 40.7 Å². The van der Waals surface area contributed by atoms with Gasteiger partial charge in [-0.1, -0.05) is 6.08 Å². The third kappa shape index (κ3) is 2.31. The fraction of sp³-hybridized carbons (Fsp3) is 0.235. The Morgan fingerprint density at radius 1 is 1.35 bits per heavy atom. The number of aliphatic imine (C=N–C) groups is 1. The minimum atomic E-state index is -0.130. The molecule has 0 radical (unpaired) electrons. The largest absolute Gasteiger partial charge is 0.347 e. The number of aromatic nitrogens is 6. The van der Waals surface area contributed by atoms with Gasteiger partial charge >= 0.3 is 0 Å². The van der Waals surface area contributed by atoms with Crippen molar-refractivity contribution in [3.05, 3.63) is 51.9 Å². The Balaban J connectivity index is 1.61. The highest BCUT2D eigenvalue weighted by atomic mass is 32.1. The summed E-state index contributed by atoms with van der Waals surface area (Å²) in [6.45, 7) is 1.11. The molecule has 8 nitrogen and oxygen atoms in total. The van der Waals surface area contributed by atoms with Crippen LogP contribution in [0.4, 0.5) is 0 Å². The number of hydrogen-bond acceptors (Lipinski definition) is 6. The van der Waals surface area contributed by atoms with Gasteiger partial charge in [0.1, 0.15) is 10.5 Å². The van der Waals surface area contributed by atoms with E-state index < -0.39 is 0 Å². The lowest BCUT2D eigenvalue weighted by molar-refractivity contribution is 0.635. The van der Waals surface area contributed by atoms with Gasteiger partial charge in [-0.05, 0) is 6.08 Å². The number of nitrogens with zero attached hydrogens (tertiary/aromatic N) is 6. The molecule has 1 aliphatic rings. The predicted octanol–water partition coefficient (Wildman–Crippen LogP) is 1.67. The average Bonchev–Trinajstić information content (AvgIpc) is 3.39. The number of aromatic amines is 1. The molecule has 0 amide bonds. The van der Waals surface area contributed by atoms with E-state index in [0.29, 0.717) is 12.1 Å². The molecule has 26 heavy (non-hydrogen) atoms. The third-order valence-corrected chi connectivity index (χ3v) is 5.56. The van der Waals surface area contributed by atoms with Crippen molar-refractivity contribution in [1.29, 1.82) is 0 Å². The number of thiazole rings is 1. The maximum atomic E-state index is 12.9. The summed E-state index contributed by atoms with van der Waals surface area (Å²) in [5.74, 6) is 0. The first-order valence-corrected chi connectivity index (χ1v) is 9.03. The highest BCUT2D eigenvalue weighted by Gasteiger charge is 2.19. The van der Waals surface area contributed by atoms with Crippen LogP contribution in [-0.4, -0.2) is 41.6 Å². The summed E-state index contributed by atoms with van der Waals surface area (Å²) < 4.78 is 4.31. The van der Waals surface area contributed by atoms with Crippen LogP contribution in [0, 0.1) is 0 Å². The van der Waals surface area contributed by atoms with Crippen LogP contribution >= 0.6 is 11.3 Å². The lowest BCUT2D eigenvalue weighted by atomic mass is 10.3. The molecule has 130 valence electrons. The highest BCUT2D eigenvalue weighted by Crippen LogP contribution is 2.31. The maximum Gasteiger partial charge on any atom is 0.291 e. The van der Waals surface area contributed by atoms with Crippen LogP contribution in [0.25, 0.3) is 21.3 Å². The van der Waals surface area contributed by atoms with Crippen molar-refractivity contribution in [3.63, 3.8) is 0 Å². The zero-order valence-electron chi connectivity index (χ0n) is 14.0. The highest BCUT2D eigenvalue weighted by molar-refractivity contribution is 7.19. The molecule has 0 unspecified atom stereocenters. The molecule has 9 heteroatoms. The van der Waals surface area contributed by atoms with E-state index in [9.17, 15) is 4.79 Å². The molecule has 1 aliphatic heterocycles. The number of allylic oxidation sites excluding steroid dienone is 1. The fourth-order valence-corrected chi connectivity index (χ4v) is 4.36. The summed E-state index contributed by atoms with van der Waals surface area (Å²) >= 11 is 1.60. The van der Waals surface area contributed by atoms with Crippen molar-refractivity contribution < 1.29 is 0 Å². The van der Waals surface area contributed by atoms with Gasteiger partial charge < -0.3 is 9.55 Å².